The molecule has 2 aromatic carbocycles. The Labute approximate surface area is 117 Å². The van der Waals surface area contributed by atoms with Crippen LogP contribution in [0.4, 0.5) is 14.5 Å². The van der Waals surface area contributed by atoms with E-state index in [1.165, 1.54) is 18.2 Å². The summed E-state index contributed by atoms with van der Waals surface area (Å²) in [4.78, 5) is 0. The zero-order valence-electron chi connectivity index (χ0n) is 11.2. The molecule has 0 spiro atoms. The first-order chi connectivity index (χ1) is 9.56. The molecule has 0 heterocycles. The predicted molar refractivity (Wildman–Crippen MR) is 75.9 cm³/mol. The highest BCUT2D eigenvalue weighted by atomic mass is 19.1. The van der Waals surface area contributed by atoms with Crippen LogP contribution in [0.3, 0.4) is 0 Å². The van der Waals surface area contributed by atoms with Crippen LogP contribution in [-0.2, 0) is 6.42 Å². The van der Waals surface area contributed by atoms with Crippen molar-refractivity contribution in [3.8, 4) is 5.75 Å². The number of rotatable bonds is 5. The van der Waals surface area contributed by atoms with Gasteiger partial charge in [-0.3, -0.25) is 0 Å². The zero-order valence-corrected chi connectivity index (χ0v) is 11.2. The van der Waals surface area contributed by atoms with Gasteiger partial charge in [-0.25, -0.2) is 8.78 Å². The summed E-state index contributed by atoms with van der Waals surface area (Å²) in [7, 11) is 0. The summed E-state index contributed by atoms with van der Waals surface area (Å²) in [5, 5.41) is 12.1. The van der Waals surface area contributed by atoms with E-state index in [0.717, 1.165) is 18.4 Å². The van der Waals surface area contributed by atoms with Crippen molar-refractivity contribution in [2.24, 2.45) is 0 Å². The molecule has 0 saturated heterocycles. The molecular weight excluding hydrogens is 260 g/mol. The Hall–Kier alpha value is -2.10. The van der Waals surface area contributed by atoms with E-state index in [1.54, 1.807) is 12.1 Å². The van der Waals surface area contributed by atoms with Crippen LogP contribution in [-0.4, -0.2) is 11.1 Å². The Morgan fingerprint density at radius 3 is 2.25 bits per heavy atom. The van der Waals surface area contributed by atoms with Crippen molar-refractivity contribution in [3.63, 3.8) is 0 Å². The van der Waals surface area contributed by atoms with E-state index in [9.17, 15) is 13.9 Å². The van der Waals surface area contributed by atoms with Gasteiger partial charge in [-0.1, -0.05) is 18.2 Å². The minimum Gasteiger partial charge on any atom is -0.508 e. The van der Waals surface area contributed by atoms with E-state index in [0.29, 0.717) is 0 Å². The maximum absolute atomic E-state index is 13.5. The van der Waals surface area contributed by atoms with Gasteiger partial charge in [-0.15, -0.1) is 0 Å². The third kappa shape index (κ3) is 3.70. The molecular formula is C16H17F2NO. The van der Waals surface area contributed by atoms with Gasteiger partial charge >= 0.3 is 0 Å². The van der Waals surface area contributed by atoms with Crippen LogP contribution < -0.4 is 5.32 Å². The SMILES string of the molecule is CC(CCc1ccc(O)cc1)Nc1c(F)cccc1F. The van der Waals surface area contributed by atoms with Gasteiger partial charge in [0.2, 0.25) is 0 Å². The molecule has 106 valence electrons. The lowest BCUT2D eigenvalue weighted by atomic mass is 10.1. The van der Waals surface area contributed by atoms with Crippen LogP contribution >= 0.6 is 0 Å². The Morgan fingerprint density at radius 2 is 1.65 bits per heavy atom. The molecule has 2 aromatic rings. The summed E-state index contributed by atoms with van der Waals surface area (Å²) in [6.45, 7) is 1.88. The summed E-state index contributed by atoms with van der Waals surface area (Å²) in [5.41, 5.74) is 0.996. The largest absolute Gasteiger partial charge is 0.508 e. The monoisotopic (exact) mass is 277 g/mol. The van der Waals surface area contributed by atoms with Gasteiger partial charge in [0.1, 0.15) is 23.1 Å². The van der Waals surface area contributed by atoms with E-state index in [1.807, 2.05) is 19.1 Å². The lowest BCUT2D eigenvalue weighted by molar-refractivity contribution is 0.475. The normalized spacial score (nSPS) is 12.2. The lowest BCUT2D eigenvalue weighted by Crippen LogP contribution is -2.18. The number of nitrogens with one attached hydrogen (secondary N) is 1. The van der Waals surface area contributed by atoms with Crippen LogP contribution in [0.25, 0.3) is 0 Å². The fourth-order valence-electron chi connectivity index (χ4n) is 2.00. The quantitative estimate of drug-likeness (QED) is 0.862. The first kappa shape index (κ1) is 14.3. The van der Waals surface area contributed by atoms with Crippen LogP contribution in [0.15, 0.2) is 42.5 Å². The topological polar surface area (TPSA) is 32.3 Å². The van der Waals surface area contributed by atoms with Crippen molar-refractivity contribution in [2.75, 3.05) is 5.32 Å². The van der Waals surface area contributed by atoms with Crippen molar-refractivity contribution in [3.05, 3.63) is 59.7 Å². The predicted octanol–water partition coefficient (Wildman–Crippen LogP) is 4.10. The van der Waals surface area contributed by atoms with Crippen LogP contribution in [0, 0.1) is 11.6 Å². The second kappa shape index (κ2) is 6.37. The molecule has 0 aliphatic heterocycles. The van der Waals surface area contributed by atoms with Gasteiger partial charge in [-0.2, -0.15) is 0 Å². The Morgan fingerprint density at radius 1 is 1.05 bits per heavy atom. The minimum absolute atomic E-state index is 0.0600. The third-order valence-corrected chi connectivity index (χ3v) is 3.16. The standard InChI is InChI=1S/C16H17F2NO/c1-11(5-6-12-7-9-13(20)10-8-12)19-16-14(17)3-2-4-15(16)18/h2-4,7-11,19-20H,5-6H2,1H3. The highest BCUT2D eigenvalue weighted by Crippen LogP contribution is 2.20. The number of para-hydroxylation sites is 1. The number of phenolic OH excluding ortho intramolecular Hbond substituents is 1. The molecule has 20 heavy (non-hydrogen) atoms. The molecule has 0 bridgehead atoms. The number of hydrogen-bond donors (Lipinski definition) is 2. The van der Waals surface area contributed by atoms with Crippen molar-refractivity contribution < 1.29 is 13.9 Å². The maximum Gasteiger partial charge on any atom is 0.149 e. The first-order valence-corrected chi connectivity index (χ1v) is 6.54. The Balaban J connectivity index is 1.92. The highest BCUT2D eigenvalue weighted by molar-refractivity contribution is 5.46. The molecule has 0 radical (unpaired) electrons. The molecule has 1 unspecified atom stereocenters. The fraction of sp³-hybridized carbons (Fsp3) is 0.250. The summed E-state index contributed by atoms with van der Waals surface area (Å²) in [6, 6.07) is 10.7. The molecule has 2 rings (SSSR count). The third-order valence-electron chi connectivity index (χ3n) is 3.16. The van der Waals surface area contributed by atoms with Gasteiger partial charge in [0.15, 0.2) is 0 Å². The molecule has 2 nitrogen and oxygen atoms in total. The molecule has 0 aromatic heterocycles. The van der Waals surface area contributed by atoms with E-state index in [2.05, 4.69) is 5.32 Å². The van der Waals surface area contributed by atoms with E-state index in [4.69, 9.17) is 0 Å². The highest BCUT2D eigenvalue weighted by Gasteiger charge is 2.11. The van der Waals surface area contributed by atoms with Gasteiger partial charge in [0.25, 0.3) is 0 Å². The number of phenols is 1. The second-order valence-electron chi connectivity index (χ2n) is 4.85. The summed E-state index contributed by atoms with van der Waals surface area (Å²) in [5.74, 6) is -0.934. The lowest BCUT2D eigenvalue weighted by Gasteiger charge is -2.16. The Bertz CT molecular complexity index is 549. The molecule has 0 saturated carbocycles. The molecule has 2 N–H and O–H groups in total. The fourth-order valence-corrected chi connectivity index (χ4v) is 2.00. The molecule has 0 fully saturated rings. The average Bonchev–Trinajstić information content (AvgIpc) is 2.42. The van der Waals surface area contributed by atoms with Gasteiger partial charge in [0.05, 0.1) is 0 Å². The van der Waals surface area contributed by atoms with Crippen LogP contribution in [0.2, 0.25) is 0 Å². The van der Waals surface area contributed by atoms with E-state index in [-0.39, 0.29) is 17.5 Å². The molecule has 0 aliphatic rings. The summed E-state index contributed by atoms with van der Waals surface area (Å²) < 4.78 is 27.0. The summed E-state index contributed by atoms with van der Waals surface area (Å²) >= 11 is 0. The van der Waals surface area contributed by atoms with Crippen molar-refractivity contribution in [1.82, 2.24) is 0 Å². The first-order valence-electron chi connectivity index (χ1n) is 6.54. The van der Waals surface area contributed by atoms with E-state index < -0.39 is 11.6 Å². The average molecular weight is 277 g/mol. The summed E-state index contributed by atoms with van der Waals surface area (Å²) in [6.07, 6.45) is 1.50. The number of halogens is 2. The molecule has 4 heteroatoms. The van der Waals surface area contributed by atoms with Crippen LogP contribution in [0.1, 0.15) is 18.9 Å². The molecule has 0 aliphatic carbocycles. The van der Waals surface area contributed by atoms with Crippen molar-refractivity contribution in [1.29, 1.82) is 0 Å². The smallest absolute Gasteiger partial charge is 0.149 e. The molecule has 1 atom stereocenters. The van der Waals surface area contributed by atoms with Gasteiger partial charge in [0, 0.05) is 6.04 Å². The maximum atomic E-state index is 13.5. The number of aryl methyl sites for hydroxylation is 1. The van der Waals surface area contributed by atoms with Crippen molar-refractivity contribution in [2.45, 2.75) is 25.8 Å². The second-order valence-corrected chi connectivity index (χ2v) is 4.85. The number of benzene rings is 2. The van der Waals surface area contributed by atoms with Crippen LogP contribution in [0.5, 0.6) is 5.75 Å². The minimum atomic E-state index is -0.582. The zero-order chi connectivity index (χ0) is 14.5. The van der Waals surface area contributed by atoms with Crippen molar-refractivity contribution >= 4 is 5.69 Å². The Kier molecular flexibility index (Phi) is 4.56. The van der Waals surface area contributed by atoms with Gasteiger partial charge in [-0.05, 0) is 49.6 Å². The number of hydrogen-bond acceptors (Lipinski definition) is 2. The van der Waals surface area contributed by atoms with Gasteiger partial charge < -0.3 is 10.4 Å². The van der Waals surface area contributed by atoms with E-state index >= 15 is 0 Å². The molecule has 0 amide bonds. The number of aromatic hydroxyl groups is 1. The number of anilines is 1.